The number of nitrogens with two attached hydrogens (primary N) is 1. The number of hydrogen-bond acceptors (Lipinski definition) is 1. The fraction of sp³-hybridized carbons (Fsp3) is 0.0667. The largest absolute Gasteiger partial charge is 0.320 e. The Hall–Kier alpha value is -2.62. The molecule has 86 valence electrons. The third-order valence-electron chi connectivity index (χ3n) is 2.76. The third kappa shape index (κ3) is 2.38. The van der Waals surface area contributed by atoms with Gasteiger partial charge in [-0.05, 0) is 11.1 Å². The number of benzene rings is 2. The Morgan fingerprint density at radius 2 is 1.06 bits per heavy atom. The molecule has 0 saturated carbocycles. The van der Waals surface area contributed by atoms with Gasteiger partial charge in [0.25, 0.3) is 0 Å². The van der Waals surface area contributed by atoms with Gasteiger partial charge in [-0.2, -0.15) is 0 Å². The average Bonchev–Trinajstić information content (AvgIpc) is 2.47. The standard InChI is InChI=1S/C15H11N3/c1-17-13-7-3-11(4-8-13)15(16)12-5-9-14(18-2)10-6-12/h3-10,15H,16H2. The van der Waals surface area contributed by atoms with E-state index in [1.54, 1.807) is 24.3 Å². The maximum atomic E-state index is 6.90. The van der Waals surface area contributed by atoms with Crippen molar-refractivity contribution in [2.45, 2.75) is 6.04 Å². The molecule has 0 aliphatic heterocycles. The molecule has 18 heavy (non-hydrogen) atoms. The quantitative estimate of drug-likeness (QED) is 0.786. The molecule has 2 aromatic rings. The van der Waals surface area contributed by atoms with Crippen LogP contribution in [0.15, 0.2) is 48.5 Å². The second-order valence-corrected chi connectivity index (χ2v) is 3.88. The van der Waals surface area contributed by atoms with Gasteiger partial charge in [0.15, 0.2) is 11.4 Å². The van der Waals surface area contributed by atoms with Crippen LogP contribution in [-0.2, 0) is 0 Å². The lowest BCUT2D eigenvalue weighted by Gasteiger charge is -2.12. The van der Waals surface area contributed by atoms with E-state index in [0.29, 0.717) is 11.4 Å². The first-order valence-electron chi connectivity index (χ1n) is 5.45. The Labute approximate surface area is 106 Å². The highest BCUT2D eigenvalue weighted by Gasteiger charge is 2.08. The summed E-state index contributed by atoms with van der Waals surface area (Å²) in [5.74, 6) is 0. The van der Waals surface area contributed by atoms with Crippen molar-refractivity contribution in [2.24, 2.45) is 5.73 Å². The Bertz CT molecular complexity index is 555. The van der Waals surface area contributed by atoms with Crippen molar-refractivity contribution in [3.05, 3.63) is 82.5 Å². The molecule has 0 fully saturated rings. The second kappa shape index (κ2) is 5.14. The summed E-state index contributed by atoms with van der Waals surface area (Å²) in [5.41, 5.74) is 9.27. The molecule has 0 aliphatic rings. The normalized spacial score (nSPS) is 9.78. The van der Waals surface area contributed by atoms with E-state index in [0.717, 1.165) is 11.1 Å². The molecule has 2 rings (SSSR count). The Balaban J connectivity index is 2.27. The molecular weight excluding hydrogens is 222 g/mol. The van der Waals surface area contributed by atoms with Gasteiger partial charge in [0.05, 0.1) is 19.2 Å². The summed E-state index contributed by atoms with van der Waals surface area (Å²) < 4.78 is 0. The Kier molecular flexibility index (Phi) is 3.38. The minimum Gasteiger partial charge on any atom is -0.320 e. The summed E-state index contributed by atoms with van der Waals surface area (Å²) in [5, 5.41) is 0. The molecule has 0 unspecified atom stereocenters. The summed E-state index contributed by atoms with van der Waals surface area (Å²) in [4.78, 5) is 6.68. The van der Waals surface area contributed by atoms with Gasteiger partial charge >= 0.3 is 0 Å². The Morgan fingerprint density at radius 1 is 0.722 bits per heavy atom. The van der Waals surface area contributed by atoms with Crippen LogP contribution in [0.2, 0.25) is 0 Å². The van der Waals surface area contributed by atoms with E-state index >= 15 is 0 Å². The molecular formula is C15H11N3. The third-order valence-corrected chi connectivity index (χ3v) is 2.76. The van der Waals surface area contributed by atoms with Crippen molar-refractivity contribution >= 4 is 11.4 Å². The lowest BCUT2D eigenvalue weighted by atomic mass is 9.99. The summed E-state index contributed by atoms with van der Waals surface area (Å²) in [6.07, 6.45) is 0. The molecule has 0 bridgehead atoms. The topological polar surface area (TPSA) is 34.7 Å². The van der Waals surface area contributed by atoms with Crippen LogP contribution in [0.5, 0.6) is 0 Å². The van der Waals surface area contributed by atoms with Gasteiger partial charge in [0, 0.05) is 0 Å². The van der Waals surface area contributed by atoms with Gasteiger partial charge in [0.1, 0.15) is 0 Å². The predicted octanol–water partition coefficient (Wildman–Crippen LogP) is 3.84. The maximum Gasteiger partial charge on any atom is 0.187 e. The molecule has 0 aromatic heterocycles. The minimum absolute atomic E-state index is 0.232. The monoisotopic (exact) mass is 233 g/mol. The van der Waals surface area contributed by atoms with E-state index in [4.69, 9.17) is 18.9 Å². The zero-order valence-electron chi connectivity index (χ0n) is 9.67. The SMILES string of the molecule is [C-]#[N+]c1ccc(C(N)c2ccc([N+]#[C-])cc2)cc1. The van der Waals surface area contributed by atoms with Crippen LogP contribution in [0.3, 0.4) is 0 Å². The van der Waals surface area contributed by atoms with E-state index in [-0.39, 0.29) is 6.04 Å². The zero-order valence-corrected chi connectivity index (χ0v) is 9.67. The highest BCUT2D eigenvalue weighted by molar-refractivity contribution is 5.49. The molecule has 3 heteroatoms. The van der Waals surface area contributed by atoms with E-state index in [2.05, 4.69) is 9.69 Å². The summed E-state index contributed by atoms with van der Waals surface area (Å²) in [7, 11) is 0. The summed E-state index contributed by atoms with van der Waals surface area (Å²) in [6, 6.07) is 14.3. The number of nitrogens with zero attached hydrogens (tertiary/aromatic N) is 2. The van der Waals surface area contributed by atoms with Crippen LogP contribution in [0.1, 0.15) is 17.2 Å². The summed E-state index contributed by atoms with van der Waals surface area (Å²) >= 11 is 0. The molecule has 0 spiro atoms. The first-order chi connectivity index (χ1) is 8.74. The molecule has 2 N–H and O–H groups in total. The fourth-order valence-electron chi connectivity index (χ4n) is 1.70. The minimum atomic E-state index is -0.232. The molecule has 0 heterocycles. The van der Waals surface area contributed by atoms with E-state index in [1.807, 2.05) is 24.3 Å². The zero-order chi connectivity index (χ0) is 13.0. The van der Waals surface area contributed by atoms with Gasteiger partial charge in [-0.15, -0.1) is 0 Å². The molecule has 0 saturated heterocycles. The molecule has 2 aromatic carbocycles. The smallest absolute Gasteiger partial charge is 0.187 e. The van der Waals surface area contributed by atoms with E-state index < -0.39 is 0 Å². The van der Waals surface area contributed by atoms with Crippen molar-refractivity contribution in [1.82, 2.24) is 0 Å². The van der Waals surface area contributed by atoms with Gasteiger partial charge in [-0.3, -0.25) is 0 Å². The second-order valence-electron chi connectivity index (χ2n) is 3.88. The molecule has 0 atom stereocenters. The molecule has 0 aliphatic carbocycles. The van der Waals surface area contributed by atoms with E-state index in [9.17, 15) is 0 Å². The van der Waals surface area contributed by atoms with Crippen LogP contribution in [-0.4, -0.2) is 0 Å². The average molecular weight is 233 g/mol. The number of hydrogen-bond donors (Lipinski definition) is 1. The first kappa shape index (κ1) is 11.9. The van der Waals surface area contributed by atoms with Gasteiger partial charge in [0.2, 0.25) is 0 Å². The van der Waals surface area contributed by atoms with Crippen LogP contribution >= 0.6 is 0 Å². The molecule has 0 amide bonds. The maximum absolute atomic E-state index is 6.90. The lowest BCUT2D eigenvalue weighted by Crippen LogP contribution is -2.11. The van der Waals surface area contributed by atoms with Gasteiger partial charge in [-0.25, -0.2) is 9.69 Å². The van der Waals surface area contributed by atoms with Crippen molar-refractivity contribution in [3.8, 4) is 0 Å². The van der Waals surface area contributed by atoms with Crippen molar-refractivity contribution in [1.29, 1.82) is 0 Å². The van der Waals surface area contributed by atoms with Crippen LogP contribution in [0, 0.1) is 13.1 Å². The van der Waals surface area contributed by atoms with Crippen LogP contribution < -0.4 is 5.73 Å². The lowest BCUT2D eigenvalue weighted by molar-refractivity contribution is 0.872. The summed E-state index contributed by atoms with van der Waals surface area (Å²) in [6.45, 7) is 13.8. The molecule has 3 nitrogen and oxygen atoms in total. The Morgan fingerprint density at radius 3 is 1.33 bits per heavy atom. The number of rotatable bonds is 2. The highest BCUT2D eigenvalue weighted by Crippen LogP contribution is 2.24. The highest BCUT2D eigenvalue weighted by atomic mass is 14.7. The van der Waals surface area contributed by atoms with Gasteiger partial charge < -0.3 is 5.73 Å². The van der Waals surface area contributed by atoms with Crippen LogP contribution in [0.4, 0.5) is 11.4 Å². The van der Waals surface area contributed by atoms with Crippen molar-refractivity contribution in [2.75, 3.05) is 0 Å². The molecule has 0 radical (unpaired) electrons. The van der Waals surface area contributed by atoms with Crippen molar-refractivity contribution in [3.63, 3.8) is 0 Å². The predicted molar refractivity (Wildman–Crippen MR) is 71.4 cm³/mol. The van der Waals surface area contributed by atoms with Crippen LogP contribution in [0.25, 0.3) is 9.69 Å². The van der Waals surface area contributed by atoms with E-state index in [1.165, 1.54) is 0 Å². The van der Waals surface area contributed by atoms with Gasteiger partial charge in [-0.1, -0.05) is 48.5 Å². The van der Waals surface area contributed by atoms with Crippen molar-refractivity contribution < 1.29 is 0 Å². The first-order valence-corrected chi connectivity index (χ1v) is 5.45. The fourth-order valence-corrected chi connectivity index (χ4v) is 1.70.